The number of aliphatic hydroxyl groups is 2. The third kappa shape index (κ3) is 3.82. The van der Waals surface area contributed by atoms with Crippen molar-refractivity contribution in [3.05, 3.63) is 53.3 Å². The first-order valence-corrected chi connectivity index (χ1v) is 9.30. The molecular weight excluding hydrogens is 342 g/mol. The van der Waals surface area contributed by atoms with E-state index >= 15 is 0 Å². The van der Waals surface area contributed by atoms with Crippen LogP contribution in [0.15, 0.2) is 47.7 Å². The Morgan fingerprint density at radius 1 is 1.11 bits per heavy atom. The summed E-state index contributed by atoms with van der Waals surface area (Å²) in [6, 6.07) is 3.51. The number of aliphatic hydroxyl groups excluding tert-OH is 2. The van der Waals surface area contributed by atoms with Gasteiger partial charge in [0.2, 0.25) is 0 Å². The van der Waals surface area contributed by atoms with Gasteiger partial charge in [-0.1, -0.05) is 33.8 Å². The van der Waals surface area contributed by atoms with Crippen LogP contribution in [0.25, 0.3) is 0 Å². The van der Waals surface area contributed by atoms with Crippen LogP contribution in [0.5, 0.6) is 0 Å². The lowest BCUT2D eigenvalue weighted by atomic mass is 9.65. The van der Waals surface area contributed by atoms with Crippen molar-refractivity contribution in [2.24, 2.45) is 16.7 Å². The number of rotatable bonds is 3. The van der Waals surface area contributed by atoms with Crippen molar-refractivity contribution >= 4 is 11.6 Å². The molecule has 2 N–H and O–H groups in total. The third-order valence-electron chi connectivity index (χ3n) is 5.42. The highest BCUT2D eigenvalue weighted by Crippen LogP contribution is 2.47. The zero-order valence-corrected chi connectivity index (χ0v) is 16.3. The van der Waals surface area contributed by atoms with Crippen molar-refractivity contribution in [1.82, 2.24) is 4.98 Å². The second-order valence-electron chi connectivity index (χ2n) is 9.24. The summed E-state index contributed by atoms with van der Waals surface area (Å²) in [5.74, 6) is -1.96. The minimum atomic E-state index is -0.885. The Balaban J connectivity index is 2.17. The molecule has 0 bridgehead atoms. The molecule has 0 saturated carbocycles. The Morgan fingerprint density at radius 3 is 2.37 bits per heavy atom. The van der Waals surface area contributed by atoms with Crippen LogP contribution in [0, 0.1) is 16.7 Å². The Bertz CT molecular complexity index is 833. The fourth-order valence-corrected chi connectivity index (χ4v) is 4.36. The van der Waals surface area contributed by atoms with Crippen molar-refractivity contribution in [3.63, 3.8) is 0 Å². The average molecular weight is 369 g/mol. The van der Waals surface area contributed by atoms with E-state index in [9.17, 15) is 19.8 Å². The first-order valence-electron chi connectivity index (χ1n) is 9.30. The van der Waals surface area contributed by atoms with E-state index in [1.54, 1.807) is 30.6 Å². The monoisotopic (exact) mass is 369 g/mol. The molecule has 0 amide bonds. The van der Waals surface area contributed by atoms with Crippen LogP contribution in [0.3, 0.4) is 0 Å². The van der Waals surface area contributed by atoms with Crippen molar-refractivity contribution in [1.29, 1.82) is 0 Å². The molecule has 2 atom stereocenters. The van der Waals surface area contributed by atoms with E-state index in [2.05, 4.69) is 4.98 Å². The summed E-state index contributed by atoms with van der Waals surface area (Å²) >= 11 is 0. The van der Waals surface area contributed by atoms with Gasteiger partial charge in [0.25, 0.3) is 0 Å². The standard InChI is InChI=1S/C22H27NO4/c1-21(2)8-14(24)19(15(25)9-21)18(13-6-5-7-23-12-13)20-16(26)10-22(3,4)11-17(20)27/h5-8,12,18-19,24,26H,9-11H2,1-4H3/t18-,19-/m0/s1. The van der Waals surface area contributed by atoms with E-state index in [1.165, 1.54) is 0 Å². The minimum absolute atomic E-state index is 0.00976. The second-order valence-corrected chi connectivity index (χ2v) is 9.24. The molecule has 0 aromatic carbocycles. The number of Topliss-reactive ketones (excluding diaryl/α,β-unsaturated/α-hetero) is 2. The lowest BCUT2D eigenvalue weighted by Gasteiger charge is -2.38. The fourth-order valence-electron chi connectivity index (χ4n) is 4.36. The molecule has 0 spiro atoms. The lowest BCUT2D eigenvalue weighted by molar-refractivity contribution is -0.125. The highest BCUT2D eigenvalue weighted by atomic mass is 16.3. The van der Waals surface area contributed by atoms with E-state index < -0.39 is 17.3 Å². The number of allylic oxidation sites excluding steroid dienone is 4. The first kappa shape index (κ1) is 19.3. The van der Waals surface area contributed by atoms with Gasteiger partial charge >= 0.3 is 0 Å². The summed E-state index contributed by atoms with van der Waals surface area (Å²) in [6.45, 7) is 7.65. The number of ketones is 2. The summed E-state index contributed by atoms with van der Waals surface area (Å²) in [5.41, 5.74) is 0.109. The summed E-state index contributed by atoms with van der Waals surface area (Å²) < 4.78 is 0. The predicted molar refractivity (Wildman–Crippen MR) is 102 cm³/mol. The molecule has 144 valence electrons. The van der Waals surface area contributed by atoms with E-state index in [1.807, 2.05) is 27.7 Å². The van der Waals surface area contributed by atoms with Gasteiger partial charge in [0.1, 0.15) is 17.3 Å². The van der Waals surface area contributed by atoms with Crippen LogP contribution in [-0.2, 0) is 9.59 Å². The molecule has 5 nitrogen and oxygen atoms in total. The van der Waals surface area contributed by atoms with E-state index in [-0.39, 0.29) is 40.5 Å². The van der Waals surface area contributed by atoms with Crippen molar-refractivity contribution < 1.29 is 19.8 Å². The molecule has 1 aromatic heterocycles. The number of pyridine rings is 1. The molecule has 0 saturated heterocycles. The molecule has 0 fully saturated rings. The average Bonchev–Trinajstić information content (AvgIpc) is 2.50. The molecule has 1 aromatic rings. The molecule has 5 heteroatoms. The quantitative estimate of drug-likeness (QED) is 0.823. The van der Waals surface area contributed by atoms with Crippen molar-refractivity contribution in [2.45, 2.75) is 52.9 Å². The van der Waals surface area contributed by atoms with Crippen molar-refractivity contribution in [2.75, 3.05) is 0 Å². The summed E-state index contributed by atoms with van der Waals surface area (Å²) in [5, 5.41) is 21.5. The molecule has 0 radical (unpaired) electrons. The van der Waals surface area contributed by atoms with Gasteiger partial charge in [-0.2, -0.15) is 0 Å². The van der Waals surface area contributed by atoms with Gasteiger partial charge in [-0.15, -0.1) is 0 Å². The summed E-state index contributed by atoms with van der Waals surface area (Å²) in [6.07, 6.45) is 5.83. The number of aromatic nitrogens is 1. The smallest absolute Gasteiger partial charge is 0.163 e. The Morgan fingerprint density at radius 2 is 1.81 bits per heavy atom. The van der Waals surface area contributed by atoms with Gasteiger partial charge in [0.15, 0.2) is 5.78 Å². The van der Waals surface area contributed by atoms with Gasteiger partial charge < -0.3 is 10.2 Å². The molecule has 2 aliphatic rings. The fraction of sp³-hybridized carbons (Fsp3) is 0.500. The molecule has 0 aliphatic heterocycles. The van der Waals surface area contributed by atoms with Crippen LogP contribution in [0.4, 0.5) is 0 Å². The maximum atomic E-state index is 13.0. The zero-order chi connectivity index (χ0) is 20.0. The Hall–Kier alpha value is -2.43. The van der Waals surface area contributed by atoms with Crippen LogP contribution in [0.1, 0.15) is 58.4 Å². The van der Waals surface area contributed by atoms with E-state index in [0.717, 1.165) is 0 Å². The maximum absolute atomic E-state index is 13.0. The molecule has 3 rings (SSSR count). The van der Waals surface area contributed by atoms with E-state index in [0.29, 0.717) is 18.4 Å². The van der Waals surface area contributed by atoms with Gasteiger partial charge in [-0.25, -0.2) is 0 Å². The van der Waals surface area contributed by atoms with Gasteiger partial charge in [0.05, 0.1) is 5.92 Å². The maximum Gasteiger partial charge on any atom is 0.163 e. The largest absolute Gasteiger partial charge is 0.512 e. The highest BCUT2D eigenvalue weighted by molar-refractivity contribution is 6.00. The van der Waals surface area contributed by atoms with E-state index in [4.69, 9.17) is 0 Å². The molecule has 27 heavy (non-hydrogen) atoms. The van der Waals surface area contributed by atoms with Crippen LogP contribution in [0.2, 0.25) is 0 Å². The number of hydrogen-bond donors (Lipinski definition) is 2. The number of nitrogens with zero attached hydrogens (tertiary/aromatic N) is 1. The van der Waals surface area contributed by atoms with Gasteiger partial charge in [-0.05, 0) is 28.5 Å². The minimum Gasteiger partial charge on any atom is -0.512 e. The second kappa shape index (κ2) is 6.63. The summed E-state index contributed by atoms with van der Waals surface area (Å²) in [4.78, 5) is 30.1. The first-order chi connectivity index (χ1) is 12.5. The number of carbonyl (C=O) groups excluding carboxylic acids is 2. The van der Waals surface area contributed by atoms with Crippen LogP contribution < -0.4 is 0 Å². The number of hydrogen-bond acceptors (Lipinski definition) is 5. The third-order valence-corrected chi connectivity index (χ3v) is 5.42. The molecule has 1 heterocycles. The number of carbonyl (C=O) groups is 2. The molecule has 0 unspecified atom stereocenters. The van der Waals surface area contributed by atoms with Crippen molar-refractivity contribution in [3.8, 4) is 0 Å². The SMILES string of the molecule is CC1(C)C=C(O)[C@H]([C@@H](C2=C(O)CC(C)(C)CC2=O)c2cccnc2)C(=O)C1. The zero-order valence-electron chi connectivity index (χ0n) is 16.3. The highest BCUT2D eigenvalue weighted by Gasteiger charge is 2.46. The lowest BCUT2D eigenvalue weighted by Crippen LogP contribution is -2.37. The summed E-state index contributed by atoms with van der Waals surface area (Å²) in [7, 11) is 0. The van der Waals surface area contributed by atoms with Gasteiger partial charge in [0, 0.05) is 43.1 Å². The Kier molecular flexibility index (Phi) is 4.74. The van der Waals surface area contributed by atoms with Crippen LogP contribution in [-0.4, -0.2) is 26.8 Å². The predicted octanol–water partition coefficient (Wildman–Crippen LogP) is 4.42. The molecule has 2 aliphatic carbocycles. The molecular formula is C22H27NO4. The van der Waals surface area contributed by atoms with Crippen LogP contribution >= 0.6 is 0 Å². The Labute approximate surface area is 159 Å². The van der Waals surface area contributed by atoms with Gasteiger partial charge in [-0.3, -0.25) is 14.6 Å². The topological polar surface area (TPSA) is 87.5 Å². The normalized spacial score (nSPS) is 25.9.